The molecule has 0 spiro atoms. The Morgan fingerprint density at radius 1 is 1.14 bits per heavy atom. The summed E-state index contributed by atoms with van der Waals surface area (Å²) in [5.74, 6) is 0. The molecular weight excluding hydrogens is 272 g/mol. The van der Waals surface area contributed by atoms with Crippen molar-refractivity contribution in [1.82, 2.24) is 0 Å². The molecule has 0 nitrogen and oxygen atoms in total. The third kappa shape index (κ3) is 2.38. The largest absolute Gasteiger partial charge is 0.121 e. The highest BCUT2D eigenvalue weighted by Crippen LogP contribution is 2.40. The average Bonchev–Trinajstić information content (AvgIpc) is 2.52. The number of benzene rings is 1. The number of hydrogen-bond donors (Lipinski definition) is 0. The molecule has 0 fully saturated rings. The van der Waals surface area contributed by atoms with Gasteiger partial charge in [-0.25, -0.2) is 0 Å². The van der Waals surface area contributed by atoms with Crippen LogP contribution in [0.25, 0.3) is 0 Å². The first-order valence-corrected chi connectivity index (χ1v) is 7.54. The van der Waals surface area contributed by atoms with Gasteiger partial charge in [-0.15, -0.1) is 0 Å². The van der Waals surface area contributed by atoms with Gasteiger partial charge in [-0.3, -0.25) is 0 Å². The molecule has 0 unspecified atom stereocenters. The van der Waals surface area contributed by atoms with Gasteiger partial charge < -0.3 is 0 Å². The fraction of sp³-hybridized carbons (Fsp3) is 0. The minimum absolute atomic E-state index is 0.726. The summed E-state index contributed by atoms with van der Waals surface area (Å²) in [4.78, 5) is 1.19. The highest BCUT2D eigenvalue weighted by molar-refractivity contribution is 8.03. The van der Waals surface area contributed by atoms with E-state index in [9.17, 15) is 0 Å². The van der Waals surface area contributed by atoms with Crippen LogP contribution in [0.1, 0.15) is 0 Å². The zero-order chi connectivity index (χ0) is 9.97. The third-order valence-corrected chi connectivity index (χ3v) is 6.86. The van der Waals surface area contributed by atoms with Crippen LogP contribution >= 0.6 is 56.3 Å². The summed E-state index contributed by atoms with van der Waals surface area (Å²) in [7, 11) is 3.19. The molecule has 0 aliphatic rings. The lowest BCUT2D eigenvalue weighted by Crippen LogP contribution is -1.68. The van der Waals surface area contributed by atoms with Crippen LogP contribution in [0.15, 0.2) is 39.4 Å². The van der Waals surface area contributed by atoms with Crippen molar-refractivity contribution in [2.45, 2.75) is 9.10 Å². The van der Waals surface area contributed by atoms with Gasteiger partial charge in [-0.1, -0.05) is 74.5 Å². The van der Waals surface area contributed by atoms with Crippen molar-refractivity contribution in [2.24, 2.45) is 0 Å². The molecule has 0 amide bonds. The molecule has 2 aromatic rings. The van der Waals surface area contributed by atoms with Crippen LogP contribution in [0.3, 0.4) is 0 Å². The minimum atomic E-state index is 0.726. The van der Waals surface area contributed by atoms with Gasteiger partial charge in [0.1, 0.15) is 3.82 Å². The maximum atomic E-state index is 6.05. The molecule has 1 aromatic carbocycles. The fourth-order valence-electron chi connectivity index (χ4n) is 0.890. The summed E-state index contributed by atoms with van der Waals surface area (Å²) in [6.07, 6.45) is 0. The monoisotopic (exact) mass is 276 g/mol. The number of halogens is 1. The van der Waals surface area contributed by atoms with E-state index in [2.05, 4.69) is 12.1 Å². The van der Waals surface area contributed by atoms with Crippen LogP contribution in [0.5, 0.6) is 0 Å². The molecule has 0 aliphatic heterocycles. The summed E-state index contributed by atoms with van der Waals surface area (Å²) >= 11 is 12.8. The van der Waals surface area contributed by atoms with Gasteiger partial charge in [-0.2, -0.15) is 0 Å². The van der Waals surface area contributed by atoms with E-state index in [1.807, 2.05) is 18.2 Å². The van der Waals surface area contributed by atoms with Crippen LogP contribution in [0.2, 0.25) is 5.02 Å². The van der Waals surface area contributed by atoms with E-state index in [1.54, 1.807) is 32.4 Å². The molecule has 72 valence electrons. The molecule has 1 heterocycles. The Hall–Kier alpha value is 0.130. The summed E-state index contributed by atoms with van der Waals surface area (Å²) < 4.78 is 1.88. The lowest BCUT2D eigenvalue weighted by atomic mass is 10.4. The normalized spacial score (nSPS) is 10.4. The van der Waals surface area contributed by atoms with Crippen LogP contribution < -0.4 is 0 Å². The van der Waals surface area contributed by atoms with Crippen LogP contribution in [-0.4, -0.2) is 0 Å². The minimum Gasteiger partial charge on any atom is -0.0796 e. The van der Waals surface area contributed by atoms with E-state index < -0.39 is 0 Å². The SMILES string of the molecule is S=c1ssc(Sc2ccccc2)c1Cl. The Kier molecular flexibility index (Phi) is 3.62. The van der Waals surface area contributed by atoms with E-state index in [4.69, 9.17) is 23.8 Å². The first kappa shape index (κ1) is 10.6. The predicted octanol–water partition coefficient (Wildman–Crippen LogP) is 5.34. The predicted molar refractivity (Wildman–Crippen MR) is 68.6 cm³/mol. The van der Waals surface area contributed by atoms with E-state index >= 15 is 0 Å². The number of rotatable bonds is 2. The van der Waals surface area contributed by atoms with Gasteiger partial charge in [-0.05, 0) is 12.1 Å². The molecule has 0 bridgehead atoms. The highest BCUT2D eigenvalue weighted by Gasteiger charge is 2.06. The molecule has 0 saturated carbocycles. The molecule has 0 radical (unpaired) electrons. The van der Waals surface area contributed by atoms with Gasteiger partial charge in [0.15, 0.2) is 0 Å². The van der Waals surface area contributed by atoms with Crippen molar-refractivity contribution >= 4 is 56.3 Å². The topological polar surface area (TPSA) is 0 Å². The van der Waals surface area contributed by atoms with Gasteiger partial charge in [0.25, 0.3) is 0 Å². The Morgan fingerprint density at radius 3 is 2.43 bits per heavy atom. The number of hydrogen-bond acceptors (Lipinski definition) is 4. The average molecular weight is 277 g/mol. The maximum Gasteiger partial charge on any atom is 0.121 e. The molecule has 0 N–H and O–H groups in total. The van der Waals surface area contributed by atoms with Crippen molar-refractivity contribution in [3.8, 4) is 0 Å². The Bertz CT molecular complexity index is 471. The molecule has 1 aromatic heterocycles. The van der Waals surface area contributed by atoms with Gasteiger partial charge in [0.05, 0.1) is 9.23 Å². The first-order valence-electron chi connectivity index (χ1n) is 3.79. The zero-order valence-electron chi connectivity index (χ0n) is 6.90. The fourth-order valence-corrected chi connectivity index (χ4v) is 5.37. The smallest absolute Gasteiger partial charge is 0.0796 e. The van der Waals surface area contributed by atoms with Gasteiger partial charge >= 0.3 is 0 Å². The van der Waals surface area contributed by atoms with Crippen LogP contribution in [-0.2, 0) is 0 Å². The second kappa shape index (κ2) is 4.77. The second-order valence-corrected chi connectivity index (χ2v) is 7.01. The summed E-state index contributed by atoms with van der Waals surface area (Å²) in [6, 6.07) is 10.2. The summed E-state index contributed by atoms with van der Waals surface area (Å²) in [6.45, 7) is 0. The van der Waals surface area contributed by atoms with Crippen molar-refractivity contribution in [1.29, 1.82) is 0 Å². The first-order chi connectivity index (χ1) is 6.77. The molecule has 0 saturated heterocycles. The standard InChI is InChI=1S/C9H5ClS4/c10-7-8(11)13-14-9(7)12-6-4-2-1-3-5-6/h1-5H. The van der Waals surface area contributed by atoms with Crippen molar-refractivity contribution < 1.29 is 0 Å². The lowest BCUT2D eigenvalue weighted by molar-refractivity contribution is 1.46. The van der Waals surface area contributed by atoms with Gasteiger partial charge in [0.2, 0.25) is 0 Å². The molecule has 5 heteroatoms. The molecule has 2 rings (SSSR count). The Morgan fingerprint density at radius 2 is 1.86 bits per heavy atom. The van der Waals surface area contributed by atoms with E-state index in [-0.39, 0.29) is 0 Å². The van der Waals surface area contributed by atoms with Gasteiger partial charge in [0, 0.05) is 4.90 Å². The molecular formula is C9H5ClS4. The highest BCUT2D eigenvalue weighted by atomic mass is 35.5. The summed E-state index contributed by atoms with van der Waals surface area (Å²) in [5.41, 5.74) is 0. The van der Waals surface area contributed by atoms with Crippen LogP contribution in [0, 0.1) is 3.82 Å². The summed E-state index contributed by atoms with van der Waals surface area (Å²) in [5, 5.41) is 0.726. The Balaban J connectivity index is 2.28. The van der Waals surface area contributed by atoms with E-state index in [1.165, 1.54) is 4.90 Å². The zero-order valence-corrected chi connectivity index (χ0v) is 10.9. The molecule has 0 aliphatic carbocycles. The van der Waals surface area contributed by atoms with E-state index in [0.717, 1.165) is 13.1 Å². The van der Waals surface area contributed by atoms with Crippen molar-refractivity contribution in [3.63, 3.8) is 0 Å². The maximum absolute atomic E-state index is 6.05. The van der Waals surface area contributed by atoms with Crippen molar-refractivity contribution in [3.05, 3.63) is 39.2 Å². The van der Waals surface area contributed by atoms with Crippen LogP contribution in [0.4, 0.5) is 0 Å². The Labute approximate surface area is 104 Å². The molecule has 14 heavy (non-hydrogen) atoms. The van der Waals surface area contributed by atoms with E-state index in [0.29, 0.717) is 0 Å². The molecule has 0 atom stereocenters. The lowest BCUT2D eigenvalue weighted by Gasteiger charge is -1.96. The third-order valence-electron chi connectivity index (χ3n) is 1.51. The quantitative estimate of drug-likeness (QED) is 0.536. The second-order valence-electron chi connectivity index (χ2n) is 2.47. The van der Waals surface area contributed by atoms with Crippen molar-refractivity contribution in [2.75, 3.05) is 0 Å².